The number of rotatable bonds is 3. The SMILES string of the molecule is [2H]c1c([2H])c([2H])c(-c2ccc(-n3c4c([2H])c([2H])c([2H])c([2H])c4c4c([2H])c([2H])c(-n5c6c([2H])c([2H])c([2H])c([2H])c6c6c([2H])c([2H])c([2H])c([2H])c65)c([2H])c43)cc2)c([2H])c1[2H]. The molecule has 2 aromatic heterocycles. The molecule has 178 valence electrons. The van der Waals surface area contributed by atoms with E-state index in [1.807, 2.05) is 0 Å². The van der Waals surface area contributed by atoms with Crippen molar-refractivity contribution in [3.05, 3.63) is 145 Å². The normalized spacial score (nSPS) is 19.1. The van der Waals surface area contributed by atoms with Crippen LogP contribution in [-0.4, -0.2) is 9.13 Å². The van der Waals surface area contributed by atoms with Crippen LogP contribution < -0.4 is 0 Å². The molecular formula is C36H24N2. The third-order valence-corrected chi connectivity index (χ3v) is 6.31. The van der Waals surface area contributed by atoms with Crippen molar-refractivity contribution in [3.63, 3.8) is 0 Å². The Morgan fingerprint density at radius 1 is 0.368 bits per heavy atom. The number of benzene rings is 6. The smallest absolute Gasteiger partial charge is 0.0667 e. The van der Waals surface area contributed by atoms with Crippen molar-refractivity contribution in [1.82, 2.24) is 9.13 Å². The van der Waals surface area contributed by atoms with E-state index in [0.29, 0.717) is 0 Å². The number of aromatic nitrogens is 2. The van der Waals surface area contributed by atoms with Gasteiger partial charge in [0.2, 0.25) is 0 Å². The molecule has 2 heterocycles. The Morgan fingerprint density at radius 3 is 1.42 bits per heavy atom. The largest absolute Gasteiger partial charge is 0.309 e. The van der Waals surface area contributed by atoms with Crippen molar-refractivity contribution in [3.8, 4) is 22.5 Å². The topological polar surface area (TPSA) is 9.86 Å². The zero-order valence-electron chi connectivity index (χ0n) is 39.2. The maximum atomic E-state index is 9.76. The van der Waals surface area contributed by atoms with E-state index in [0.717, 1.165) is 4.57 Å². The molecule has 0 bridgehead atoms. The highest BCUT2D eigenvalue weighted by atomic mass is 15.0. The summed E-state index contributed by atoms with van der Waals surface area (Å²) >= 11 is 0. The first-order chi connectivity index (χ1) is 27.2. The van der Waals surface area contributed by atoms with Crippen molar-refractivity contribution in [2.75, 3.05) is 0 Å². The summed E-state index contributed by atoms with van der Waals surface area (Å²) in [7, 11) is 0. The van der Waals surface area contributed by atoms with Crippen LogP contribution in [0.25, 0.3) is 66.1 Å². The molecule has 0 fully saturated rings. The predicted molar refractivity (Wildman–Crippen MR) is 161 cm³/mol. The Balaban J connectivity index is 1.59. The summed E-state index contributed by atoms with van der Waals surface area (Å²) in [6, 6.07) is -7.40. The lowest BCUT2D eigenvalue weighted by Gasteiger charge is -2.12. The van der Waals surface area contributed by atoms with Gasteiger partial charge in [0.15, 0.2) is 0 Å². The number of hydrogen-bond donors (Lipinski definition) is 0. The first kappa shape index (κ1) is 9.34. The fourth-order valence-corrected chi connectivity index (χ4v) is 4.69. The van der Waals surface area contributed by atoms with Gasteiger partial charge in [-0.1, -0.05) is 103 Å². The van der Waals surface area contributed by atoms with Crippen molar-refractivity contribution in [2.45, 2.75) is 0 Å². The molecule has 0 aliphatic heterocycles. The summed E-state index contributed by atoms with van der Waals surface area (Å²) in [6.45, 7) is 0. The molecule has 0 unspecified atom stereocenters. The number of para-hydroxylation sites is 3. The Kier molecular flexibility index (Phi) is 2.02. The maximum absolute atomic E-state index is 9.76. The van der Waals surface area contributed by atoms with Crippen LogP contribution in [0.3, 0.4) is 0 Å². The number of nitrogens with zero attached hydrogens (tertiary/aromatic N) is 2. The van der Waals surface area contributed by atoms with Crippen LogP contribution in [0.5, 0.6) is 0 Å². The number of hydrogen-bond acceptors (Lipinski definition) is 0. The molecular weight excluding hydrogens is 460 g/mol. The molecule has 0 spiro atoms. The maximum Gasteiger partial charge on any atom is 0.0667 e. The van der Waals surface area contributed by atoms with Gasteiger partial charge in [-0.25, -0.2) is 0 Å². The van der Waals surface area contributed by atoms with Crippen LogP contribution in [0.15, 0.2) is 145 Å². The first-order valence-electron chi connectivity index (χ1n) is 21.4. The molecule has 38 heavy (non-hydrogen) atoms. The molecule has 6 aromatic carbocycles. The van der Waals surface area contributed by atoms with Gasteiger partial charge in [-0.3, -0.25) is 0 Å². The third kappa shape index (κ3) is 3.07. The van der Waals surface area contributed by atoms with Crippen molar-refractivity contribution in [2.24, 2.45) is 0 Å². The second kappa shape index (κ2) is 8.22. The van der Waals surface area contributed by atoms with Gasteiger partial charge in [-0.2, -0.15) is 0 Å². The summed E-state index contributed by atoms with van der Waals surface area (Å²) in [5.74, 6) is 0. The van der Waals surface area contributed by atoms with E-state index in [4.69, 9.17) is 23.3 Å². The van der Waals surface area contributed by atoms with Gasteiger partial charge in [-0.05, 0) is 53.5 Å². The quantitative estimate of drug-likeness (QED) is 0.227. The molecule has 0 amide bonds. The summed E-state index contributed by atoms with van der Waals surface area (Å²) in [4.78, 5) is 0. The molecule has 0 atom stereocenters. The summed E-state index contributed by atoms with van der Waals surface area (Å²) in [6.07, 6.45) is 0. The van der Waals surface area contributed by atoms with E-state index in [-0.39, 0.29) is 49.4 Å². The second-order valence-electron chi connectivity index (χ2n) is 8.34. The highest BCUT2D eigenvalue weighted by Gasteiger charge is 2.16. The average molecular weight is 505 g/mol. The highest BCUT2D eigenvalue weighted by Crippen LogP contribution is 2.37. The Hall–Kier alpha value is -5.08. The van der Waals surface area contributed by atoms with Gasteiger partial charge in [-0.15, -0.1) is 0 Å². The second-order valence-corrected chi connectivity index (χ2v) is 8.34. The molecule has 0 radical (unpaired) electrons. The zero-order valence-corrected chi connectivity index (χ0v) is 19.2. The van der Waals surface area contributed by atoms with Crippen molar-refractivity contribution >= 4 is 43.6 Å². The van der Waals surface area contributed by atoms with E-state index >= 15 is 0 Å². The third-order valence-electron chi connectivity index (χ3n) is 6.31. The van der Waals surface area contributed by atoms with Gasteiger partial charge in [0.05, 0.1) is 49.5 Å². The van der Waals surface area contributed by atoms with Gasteiger partial charge < -0.3 is 9.13 Å². The summed E-state index contributed by atoms with van der Waals surface area (Å²) in [5, 5.41) is -1.16. The van der Waals surface area contributed by atoms with Crippen LogP contribution in [0, 0.1) is 0 Å². The standard InChI is InChI=1S/C36H24N2/c1-2-10-25(11-3-1)26-18-20-27(21-19-26)37-33-15-7-6-14-31(33)32-23-22-28(24-36(32)37)38-34-16-8-4-12-29(34)30-13-5-9-17-35(30)38/h1-24H/i1D,2D,3D,4D,5D,6D,7D,8D,9D,10D,11D,12D,13D,14D,15D,16D,17D,22D,23D,24D. The molecule has 2 nitrogen and oxygen atoms in total. The first-order valence-corrected chi connectivity index (χ1v) is 11.4. The van der Waals surface area contributed by atoms with Gasteiger partial charge >= 0.3 is 0 Å². The van der Waals surface area contributed by atoms with Crippen LogP contribution in [-0.2, 0) is 0 Å². The fraction of sp³-hybridized carbons (Fsp3) is 0. The lowest BCUT2D eigenvalue weighted by molar-refractivity contribution is 1.15. The van der Waals surface area contributed by atoms with Gasteiger partial charge in [0.25, 0.3) is 0 Å². The van der Waals surface area contributed by atoms with E-state index < -0.39 is 138 Å². The molecule has 0 saturated carbocycles. The molecule has 8 rings (SSSR count). The Labute approximate surface area is 248 Å². The minimum absolute atomic E-state index is 0.101. The molecule has 0 N–H and O–H groups in total. The minimum atomic E-state index is -0.765. The summed E-state index contributed by atoms with van der Waals surface area (Å²) < 4.78 is 176. The van der Waals surface area contributed by atoms with Crippen LogP contribution >= 0.6 is 0 Å². The average Bonchev–Trinajstić information content (AvgIpc) is 3.75. The van der Waals surface area contributed by atoms with Crippen molar-refractivity contribution in [1.29, 1.82) is 0 Å². The molecule has 0 aliphatic rings. The van der Waals surface area contributed by atoms with Gasteiger partial charge in [0.1, 0.15) is 0 Å². The van der Waals surface area contributed by atoms with Gasteiger partial charge in [0, 0.05) is 32.9 Å². The highest BCUT2D eigenvalue weighted by molar-refractivity contribution is 6.12. The Morgan fingerprint density at radius 2 is 0.842 bits per heavy atom. The zero-order chi connectivity index (χ0) is 42.5. The molecule has 0 saturated heterocycles. The molecule has 8 aromatic rings. The van der Waals surface area contributed by atoms with Crippen LogP contribution in [0.2, 0.25) is 0 Å². The Bertz CT molecular complexity index is 3110. The predicted octanol–water partition coefficient (Wildman–Crippen LogP) is 9.55. The monoisotopic (exact) mass is 504 g/mol. The van der Waals surface area contributed by atoms with E-state index in [9.17, 15) is 4.11 Å². The van der Waals surface area contributed by atoms with Crippen molar-refractivity contribution < 1.29 is 27.4 Å². The van der Waals surface area contributed by atoms with Crippen LogP contribution in [0.1, 0.15) is 27.4 Å². The molecule has 0 aliphatic carbocycles. The van der Waals surface area contributed by atoms with E-state index in [1.54, 1.807) is 0 Å². The van der Waals surface area contributed by atoms with Crippen LogP contribution in [0.4, 0.5) is 0 Å². The molecule has 2 heteroatoms. The lowest BCUT2D eigenvalue weighted by Crippen LogP contribution is -1.97. The summed E-state index contributed by atoms with van der Waals surface area (Å²) in [5.41, 5.74) is -1.72. The fourth-order valence-electron chi connectivity index (χ4n) is 4.69. The number of fused-ring (bicyclic) bond motifs is 6. The lowest BCUT2D eigenvalue weighted by atomic mass is 10.1. The minimum Gasteiger partial charge on any atom is -0.309 e. The van der Waals surface area contributed by atoms with E-state index in [2.05, 4.69) is 0 Å². The van der Waals surface area contributed by atoms with E-state index in [1.165, 1.54) is 28.8 Å².